The third-order valence-corrected chi connectivity index (χ3v) is 4.31. The predicted octanol–water partition coefficient (Wildman–Crippen LogP) is 0.0510. The van der Waals surface area contributed by atoms with Crippen molar-refractivity contribution in [1.29, 1.82) is 0 Å². The molecule has 0 aliphatic carbocycles. The summed E-state index contributed by atoms with van der Waals surface area (Å²) >= 11 is 0. The Kier molecular flexibility index (Phi) is 4.75. The molecule has 0 radical (unpaired) electrons. The van der Waals surface area contributed by atoms with Gasteiger partial charge in [0.05, 0.1) is 38.4 Å². The summed E-state index contributed by atoms with van der Waals surface area (Å²) in [6, 6.07) is 0. The van der Waals surface area contributed by atoms with E-state index in [0.717, 1.165) is 19.4 Å². The number of hydrogen-bond acceptors (Lipinski definition) is 7. The second-order valence-corrected chi connectivity index (χ2v) is 5.77. The van der Waals surface area contributed by atoms with Gasteiger partial charge in [0.15, 0.2) is 12.6 Å². The van der Waals surface area contributed by atoms with Crippen LogP contribution in [0.4, 0.5) is 0 Å². The van der Waals surface area contributed by atoms with Crippen LogP contribution in [0.25, 0.3) is 0 Å². The lowest BCUT2D eigenvalue weighted by Crippen LogP contribution is -2.25. The molecule has 4 saturated heterocycles. The van der Waals surface area contributed by atoms with Crippen LogP contribution < -0.4 is 0 Å². The Morgan fingerprint density at radius 3 is 2.29 bits per heavy atom. The zero-order valence-electron chi connectivity index (χ0n) is 12.1. The molecule has 7 nitrogen and oxygen atoms in total. The van der Waals surface area contributed by atoms with Crippen LogP contribution >= 0.6 is 0 Å². The summed E-state index contributed by atoms with van der Waals surface area (Å²) in [6.07, 6.45) is 1.29. The van der Waals surface area contributed by atoms with Gasteiger partial charge in [-0.05, 0) is 12.8 Å². The number of esters is 1. The minimum Gasteiger partial charge on any atom is -0.460 e. The molecule has 0 unspecified atom stereocenters. The number of fused-ring (bicyclic) bond motifs is 2. The highest BCUT2D eigenvalue weighted by Gasteiger charge is 2.43. The maximum atomic E-state index is 10.7. The number of aliphatic hydroxyl groups is 1. The van der Waals surface area contributed by atoms with Crippen LogP contribution in [-0.4, -0.2) is 62.3 Å². The Hall–Kier alpha value is -0.730. The molecule has 0 aromatic carbocycles. The molecule has 0 bridgehead atoms. The Bertz CT molecular complexity index is 374. The van der Waals surface area contributed by atoms with Crippen molar-refractivity contribution in [2.24, 2.45) is 11.8 Å². The fourth-order valence-corrected chi connectivity index (χ4v) is 3.20. The van der Waals surface area contributed by atoms with Crippen molar-refractivity contribution in [3.05, 3.63) is 0 Å². The highest BCUT2D eigenvalue weighted by molar-refractivity contribution is 5.66. The van der Waals surface area contributed by atoms with E-state index in [0.29, 0.717) is 19.8 Å². The van der Waals surface area contributed by atoms with Gasteiger partial charge in [0.25, 0.3) is 0 Å². The predicted molar refractivity (Wildman–Crippen MR) is 69.2 cm³/mol. The van der Waals surface area contributed by atoms with Gasteiger partial charge < -0.3 is 28.8 Å². The first-order valence-electron chi connectivity index (χ1n) is 7.47. The molecule has 0 amide bonds. The van der Waals surface area contributed by atoms with Crippen molar-refractivity contribution in [2.45, 2.75) is 44.6 Å². The third-order valence-electron chi connectivity index (χ3n) is 4.31. The molecule has 4 heterocycles. The zero-order chi connectivity index (χ0) is 14.8. The van der Waals surface area contributed by atoms with Crippen LogP contribution in [0.15, 0.2) is 0 Å². The van der Waals surface area contributed by atoms with Gasteiger partial charge in [-0.15, -0.1) is 0 Å². The lowest BCUT2D eigenvalue weighted by Gasteiger charge is -2.13. The molecule has 4 aliphatic rings. The van der Waals surface area contributed by atoms with E-state index < -0.39 is 0 Å². The van der Waals surface area contributed by atoms with Gasteiger partial charge in [0.1, 0.15) is 6.10 Å². The van der Waals surface area contributed by atoms with Gasteiger partial charge in [-0.2, -0.15) is 0 Å². The van der Waals surface area contributed by atoms with Gasteiger partial charge in [-0.1, -0.05) is 0 Å². The maximum absolute atomic E-state index is 10.7. The largest absolute Gasteiger partial charge is 0.460 e. The number of aliphatic hydroxyl groups excluding tert-OH is 1. The lowest BCUT2D eigenvalue weighted by molar-refractivity contribution is -0.147. The second-order valence-electron chi connectivity index (χ2n) is 5.77. The van der Waals surface area contributed by atoms with Crippen LogP contribution in [0.1, 0.15) is 19.8 Å². The molecule has 21 heavy (non-hydrogen) atoms. The Balaban J connectivity index is 0.000000131. The van der Waals surface area contributed by atoms with Crippen molar-refractivity contribution in [2.75, 3.05) is 26.4 Å². The Labute approximate surface area is 123 Å². The lowest BCUT2D eigenvalue weighted by atomic mass is 10.0. The molecule has 4 aliphatic heterocycles. The summed E-state index contributed by atoms with van der Waals surface area (Å²) in [5.74, 6) is 0.273. The third kappa shape index (κ3) is 3.37. The molecule has 0 saturated carbocycles. The fraction of sp³-hybridized carbons (Fsp3) is 0.929. The van der Waals surface area contributed by atoms with Crippen molar-refractivity contribution in [3.63, 3.8) is 0 Å². The number of ether oxygens (including phenoxy) is 5. The van der Waals surface area contributed by atoms with Crippen molar-refractivity contribution < 1.29 is 33.6 Å². The first-order chi connectivity index (χ1) is 10.1. The molecule has 7 heteroatoms. The van der Waals surface area contributed by atoms with Crippen LogP contribution in [0.3, 0.4) is 0 Å². The molecular formula is C14H22O7. The first kappa shape index (κ1) is 15.2. The zero-order valence-corrected chi connectivity index (χ0v) is 12.1. The molecule has 6 atom stereocenters. The van der Waals surface area contributed by atoms with E-state index in [9.17, 15) is 9.90 Å². The van der Waals surface area contributed by atoms with E-state index in [4.69, 9.17) is 23.7 Å². The fourth-order valence-electron chi connectivity index (χ4n) is 3.20. The van der Waals surface area contributed by atoms with Crippen LogP contribution in [0.5, 0.6) is 0 Å². The number of rotatable bonds is 1. The van der Waals surface area contributed by atoms with Crippen molar-refractivity contribution in [1.82, 2.24) is 0 Å². The summed E-state index contributed by atoms with van der Waals surface area (Å²) in [4.78, 5) is 10.7. The standard InChI is InChI=1S/C8H12O4.C6H10O3/c1-5(9)12-7-4-11-8-6(7)2-3-10-8;7-5-3-9-6-4(5)1-2-8-6/h6-8H,2-4H2,1H3;4-7H,1-3H2/t6-,7-,8+;4-,5+,6+/m00/s1. The van der Waals surface area contributed by atoms with Crippen LogP contribution in [-0.2, 0) is 28.5 Å². The van der Waals surface area contributed by atoms with Crippen molar-refractivity contribution >= 4 is 5.97 Å². The minimum absolute atomic E-state index is 0.0880. The smallest absolute Gasteiger partial charge is 0.302 e. The molecule has 0 spiro atoms. The average molecular weight is 302 g/mol. The van der Waals surface area contributed by atoms with E-state index in [2.05, 4.69) is 0 Å². The molecule has 120 valence electrons. The molecule has 1 N–H and O–H groups in total. The van der Waals surface area contributed by atoms with Gasteiger partial charge in [-0.3, -0.25) is 4.79 Å². The van der Waals surface area contributed by atoms with E-state index >= 15 is 0 Å². The van der Waals surface area contributed by atoms with Gasteiger partial charge in [0.2, 0.25) is 0 Å². The summed E-state index contributed by atoms with van der Waals surface area (Å²) in [5, 5.41) is 9.19. The summed E-state index contributed by atoms with van der Waals surface area (Å²) < 4.78 is 25.9. The minimum atomic E-state index is -0.280. The van der Waals surface area contributed by atoms with E-state index in [1.165, 1.54) is 6.92 Å². The Morgan fingerprint density at radius 1 is 1.00 bits per heavy atom. The summed E-state index contributed by atoms with van der Waals surface area (Å²) in [7, 11) is 0. The topological polar surface area (TPSA) is 83.5 Å². The van der Waals surface area contributed by atoms with Crippen LogP contribution in [0.2, 0.25) is 0 Å². The number of carbonyl (C=O) groups excluding carboxylic acids is 1. The molecule has 0 aromatic heterocycles. The Morgan fingerprint density at radius 2 is 1.62 bits per heavy atom. The van der Waals surface area contributed by atoms with Crippen molar-refractivity contribution in [3.8, 4) is 0 Å². The molecule has 0 aromatic rings. The SMILES string of the molecule is CC(=O)O[C@H]1CO[C@H]2OCC[C@H]21.O[C@@H]1CO[C@H]2OCC[C@H]21. The van der Waals surface area contributed by atoms with E-state index in [1.54, 1.807) is 0 Å². The average Bonchev–Trinajstić information content (AvgIpc) is 3.16. The number of hydrogen-bond donors (Lipinski definition) is 1. The van der Waals surface area contributed by atoms with Gasteiger partial charge in [0, 0.05) is 12.8 Å². The second kappa shape index (κ2) is 6.58. The molecular weight excluding hydrogens is 280 g/mol. The maximum Gasteiger partial charge on any atom is 0.302 e. The van der Waals surface area contributed by atoms with E-state index in [-0.39, 0.29) is 42.6 Å². The quantitative estimate of drug-likeness (QED) is 0.685. The number of carbonyl (C=O) groups is 1. The summed E-state index contributed by atoms with van der Waals surface area (Å²) in [6.45, 7) is 3.81. The van der Waals surface area contributed by atoms with Gasteiger partial charge >= 0.3 is 5.97 Å². The first-order valence-corrected chi connectivity index (χ1v) is 7.47. The highest BCUT2D eigenvalue weighted by Crippen LogP contribution is 2.33. The molecule has 4 fully saturated rings. The normalized spacial score (nSPS) is 43.9. The molecule has 4 rings (SSSR count). The van der Waals surface area contributed by atoms with Crippen LogP contribution in [0, 0.1) is 11.8 Å². The highest BCUT2D eigenvalue weighted by atomic mass is 16.7. The van der Waals surface area contributed by atoms with Gasteiger partial charge in [-0.25, -0.2) is 0 Å². The monoisotopic (exact) mass is 302 g/mol. The summed E-state index contributed by atoms with van der Waals surface area (Å²) in [5.41, 5.74) is 0. The van der Waals surface area contributed by atoms with E-state index in [1.807, 2.05) is 0 Å².